The molecule has 106 valence electrons. The van der Waals surface area contributed by atoms with Crippen molar-refractivity contribution in [2.24, 2.45) is 5.73 Å². The summed E-state index contributed by atoms with van der Waals surface area (Å²) in [5, 5.41) is 0.724. The van der Waals surface area contributed by atoms with Crippen LogP contribution in [0.5, 0.6) is 5.75 Å². The van der Waals surface area contributed by atoms with E-state index in [-0.39, 0.29) is 6.04 Å². The molecule has 0 amide bonds. The molecule has 0 fully saturated rings. The highest BCUT2D eigenvalue weighted by atomic mass is 79.9. The summed E-state index contributed by atoms with van der Waals surface area (Å²) in [6.07, 6.45) is 0. The number of aryl methyl sites for hydroxylation is 1. The Balaban J connectivity index is 2.20. The predicted octanol–water partition coefficient (Wildman–Crippen LogP) is 5.01. The van der Waals surface area contributed by atoms with Crippen LogP contribution in [0.2, 0.25) is 5.02 Å². The number of nitrogens with two attached hydrogens (primary N) is 1. The molecular weight excluding hydrogens is 338 g/mol. The zero-order chi connectivity index (χ0) is 14.7. The largest absolute Gasteiger partial charge is 0.488 e. The van der Waals surface area contributed by atoms with Gasteiger partial charge >= 0.3 is 0 Å². The topological polar surface area (TPSA) is 35.2 Å². The van der Waals surface area contributed by atoms with E-state index in [1.165, 1.54) is 0 Å². The molecular formula is C16H17BrClNO. The Bertz CT molecular complexity index is 613. The minimum absolute atomic E-state index is 0.0772. The second-order valence-electron chi connectivity index (χ2n) is 4.85. The van der Waals surface area contributed by atoms with Gasteiger partial charge in [0.15, 0.2) is 0 Å². The summed E-state index contributed by atoms with van der Waals surface area (Å²) in [5.41, 5.74) is 9.05. The molecule has 0 saturated carbocycles. The maximum Gasteiger partial charge on any atom is 0.125 e. The Kier molecular flexibility index (Phi) is 5.08. The van der Waals surface area contributed by atoms with Gasteiger partial charge in [-0.15, -0.1) is 0 Å². The van der Waals surface area contributed by atoms with Crippen LogP contribution >= 0.6 is 27.5 Å². The zero-order valence-electron chi connectivity index (χ0n) is 11.5. The van der Waals surface area contributed by atoms with Crippen molar-refractivity contribution < 1.29 is 4.74 Å². The van der Waals surface area contributed by atoms with E-state index in [4.69, 9.17) is 22.1 Å². The standard InChI is InChI=1S/C16H17BrClNO/c1-10-3-4-12(15(18)7-10)9-20-16-8-13(17)5-6-14(16)11(2)19/h3-8,11H,9,19H2,1-2H3/t11-/m1/s1. The van der Waals surface area contributed by atoms with E-state index in [0.29, 0.717) is 6.61 Å². The lowest BCUT2D eigenvalue weighted by molar-refractivity contribution is 0.301. The van der Waals surface area contributed by atoms with Gasteiger partial charge in [0.05, 0.1) is 0 Å². The van der Waals surface area contributed by atoms with E-state index in [1.54, 1.807) is 0 Å². The molecule has 0 spiro atoms. The summed E-state index contributed by atoms with van der Waals surface area (Å²) in [6, 6.07) is 11.7. The van der Waals surface area contributed by atoms with Crippen molar-refractivity contribution in [3.63, 3.8) is 0 Å². The van der Waals surface area contributed by atoms with Gasteiger partial charge in [-0.2, -0.15) is 0 Å². The lowest BCUT2D eigenvalue weighted by Gasteiger charge is -2.15. The molecule has 2 nitrogen and oxygen atoms in total. The quantitative estimate of drug-likeness (QED) is 0.837. The monoisotopic (exact) mass is 353 g/mol. The lowest BCUT2D eigenvalue weighted by Crippen LogP contribution is -2.08. The number of hydrogen-bond acceptors (Lipinski definition) is 2. The number of rotatable bonds is 4. The second kappa shape index (κ2) is 6.61. The molecule has 2 aromatic rings. The summed E-state index contributed by atoms with van der Waals surface area (Å²) < 4.78 is 6.86. The van der Waals surface area contributed by atoms with E-state index in [0.717, 1.165) is 31.9 Å². The molecule has 2 rings (SSSR count). The van der Waals surface area contributed by atoms with Crippen LogP contribution in [-0.2, 0) is 6.61 Å². The smallest absolute Gasteiger partial charge is 0.125 e. The molecule has 2 N–H and O–H groups in total. The summed E-state index contributed by atoms with van der Waals surface area (Å²) in [6.45, 7) is 4.38. The number of halogens is 2. The average molecular weight is 355 g/mol. The van der Waals surface area contributed by atoms with Gasteiger partial charge < -0.3 is 10.5 Å². The highest BCUT2D eigenvalue weighted by molar-refractivity contribution is 9.10. The zero-order valence-corrected chi connectivity index (χ0v) is 13.8. The first-order valence-electron chi connectivity index (χ1n) is 6.40. The Morgan fingerprint density at radius 2 is 2.00 bits per heavy atom. The Hall–Kier alpha value is -1.03. The predicted molar refractivity (Wildman–Crippen MR) is 87.3 cm³/mol. The van der Waals surface area contributed by atoms with E-state index >= 15 is 0 Å². The molecule has 0 heterocycles. The molecule has 0 aromatic heterocycles. The fourth-order valence-electron chi connectivity index (χ4n) is 1.93. The molecule has 20 heavy (non-hydrogen) atoms. The van der Waals surface area contributed by atoms with E-state index < -0.39 is 0 Å². The molecule has 0 aliphatic rings. The first-order valence-corrected chi connectivity index (χ1v) is 7.57. The molecule has 4 heteroatoms. The second-order valence-corrected chi connectivity index (χ2v) is 6.18. The third-order valence-electron chi connectivity index (χ3n) is 3.06. The van der Waals surface area contributed by atoms with Crippen molar-refractivity contribution in [3.8, 4) is 5.75 Å². The summed E-state index contributed by atoms with van der Waals surface area (Å²) in [4.78, 5) is 0. The molecule has 0 bridgehead atoms. The first kappa shape index (κ1) is 15.4. The number of benzene rings is 2. The van der Waals surface area contributed by atoms with Crippen LogP contribution in [-0.4, -0.2) is 0 Å². The molecule has 1 atom stereocenters. The average Bonchev–Trinajstić information content (AvgIpc) is 2.37. The molecule has 0 aliphatic carbocycles. The van der Waals surface area contributed by atoms with E-state index in [1.807, 2.05) is 50.2 Å². The van der Waals surface area contributed by atoms with Crippen molar-refractivity contribution >= 4 is 27.5 Å². The van der Waals surface area contributed by atoms with Crippen LogP contribution in [0.3, 0.4) is 0 Å². The fraction of sp³-hybridized carbons (Fsp3) is 0.250. The van der Waals surface area contributed by atoms with E-state index in [9.17, 15) is 0 Å². The van der Waals surface area contributed by atoms with Gasteiger partial charge in [-0.1, -0.05) is 45.7 Å². The third-order valence-corrected chi connectivity index (χ3v) is 3.90. The van der Waals surface area contributed by atoms with Crippen LogP contribution < -0.4 is 10.5 Å². The minimum Gasteiger partial charge on any atom is -0.488 e. The number of hydrogen-bond donors (Lipinski definition) is 1. The van der Waals surface area contributed by atoms with Crippen molar-refractivity contribution in [2.45, 2.75) is 26.5 Å². The highest BCUT2D eigenvalue weighted by Crippen LogP contribution is 2.29. The van der Waals surface area contributed by atoms with Gasteiger partial charge in [-0.3, -0.25) is 0 Å². The maximum atomic E-state index is 6.22. The summed E-state index contributed by atoms with van der Waals surface area (Å²) >= 11 is 9.66. The fourth-order valence-corrected chi connectivity index (χ4v) is 2.56. The maximum absolute atomic E-state index is 6.22. The molecule has 0 saturated heterocycles. The van der Waals surface area contributed by atoms with Crippen molar-refractivity contribution in [2.75, 3.05) is 0 Å². The van der Waals surface area contributed by atoms with Gasteiger partial charge in [0.1, 0.15) is 12.4 Å². The van der Waals surface area contributed by atoms with Crippen LogP contribution in [0.1, 0.15) is 29.7 Å². The van der Waals surface area contributed by atoms with Gasteiger partial charge in [0, 0.05) is 26.7 Å². The normalized spacial score (nSPS) is 12.2. The van der Waals surface area contributed by atoms with Gasteiger partial charge in [0.25, 0.3) is 0 Å². The lowest BCUT2D eigenvalue weighted by atomic mass is 10.1. The molecule has 0 radical (unpaired) electrons. The van der Waals surface area contributed by atoms with Gasteiger partial charge in [0.2, 0.25) is 0 Å². The summed E-state index contributed by atoms with van der Waals surface area (Å²) in [7, 11) is 0. The van der Waals surface area contributed by atoms with E-state index in [2.05, 4.69) is 15.9 Å². The Labute approximate surface area is 133 Å². The third kappa shape index (κ3) is 3.75. The Morgan fingerprint density at radius 3 is 2.65 bits per heavy atom. The highest BCUT2D eigenvalue weighted by Gasteiger charge is 2.10. The SMILES string of the molecule is Cc1ccc(COc2cc(Br)ccc2[C@@H](C)N)c(Cl)c1. The Morgan fingerprint density at radius 1 is 1.25 bits per heavy atom. The number of ether oxygens (including phenoxy) is 1. The summed E-state index contributed by atoms with van der Waals surface area (Å²) in [5.74, 6) is 0.783. The molecule has 2 aromatic carbocycles. The van der Waals surface area contributed by atoms with Crippen LogP contribution in [0.4, 0.5) is 0 Å². The van der Waals surface area contributed by atoms with Crippen molar-refractivity contribution in [3.05, 3.63) is 62.6 Å². The van der Waals surface area contributed by atoms with Crippen molar-refractivity contribution in [1.29, 1.82) is 0 Å². The molecule has 0 aliphatic heterocycles. The van der Waals surface area contributed by atoms with Crippen LogP contribution in [0.25, 0.3) is 0 Å². The first-order chi connectivity index (χ1) is 9.47. The molecule has 0 unspecified atom stereocenters. The van der Waals surface area contributed by atoms with Gasteiger partial charge in [-0.05, 0) is 37.6 Å². The van der Waals surface area contributed by atoms with Crippen LogP contribution in [0.15, 0.2) is 40.9 Å². The van der Waals surface area contributed by atoms with Crippen molar-refractivity contribution in [1.82, 2.24) is 0 Å². The van der Waals surface area contributed by atoms with Gasteiger partial charge in [-0.25, -0.2) is 0 Å². The minimum atomic E-state index is -0.0772. The van der Waals surface area contributed by atoms with Crippen LogP contribution in [0, 0.1) is 6.92 Å².